The molecule has 0 saturated carbocycles. The molecule has 1 unspecified atom stereocenters. The lowest BCUT2D eigenvalue weighted by molar-refractivity contribution is 0.219. The molecular weight excluding hydrogens is 355 g/mol. The van der Waals surface area contributed by atoms with Gasteiger partial charge in [-0.25, -0.2) is 22.8 Å². The number of sulfonamides is 1. The van der Waals surface area contributed by atoms with Crippen LogP contribution in [-0.2, 0) is 21.9 Å². The molecule has 8 heteroatoms. The highest BCUT2D eigenvalue weighted by Crippen LogP contribution is 2.45. The summed E-state index contributed by atoms with van der Waals surface area (Å²) in [6.45, 7) is 2.45. The van der Waals surface area contributed by atoms with Gasteiger partial charge in [-0.05, 0) is 55.9 Å². The van der Waals surface area contributed by atoms with Crippen LogP contribution in [0.3, 0.4) is 0 Å². The number of rotatable bonds is 2. The Balaban J connectivity index is 1.72. The molecule has 2 aliphatic rings. The van der Waals surface area contributed by atoms with Crippen molar-refractivity contribution in [3.8, 4) is 0 Å². The summed E-state index contributed by atoms with van der Waals surface area (Å²) in [6, 6.07) is 3.88. The van der Waals surface area contributed by atoms with Crippen LogP contribution in [0, 0.1) is 12.7 Å². The monoisotopic (exact) mass is 376 g/mol. The van der Waals surface area contributed by atoms with Crippen LogP contribution < -0.4 is 5.73 Å². The third-order valence-corrected chi connectivity index (χ3v) is 7.56. The van der Waals surface area contributed by atoms with Gasteiger partial charge in [0.15, 0.2) is 0 Å². The number of piperidine rings is 1. The zero-order valence-corrected chi connectivity index (χ0v) is 15.4. The van der Waals surface area contributed by atoms with Crippen LogP contribution in [0.5, 0.6) is 0 Å². The molecule has 1 atom stereocenters. The first kappa shape index (κ1) is 17.4. The number of hydrogen-bond acceptors (Lipinski definition) is 5. The van der Waals surface area contributed by atoms with Crippen molar-refractivity contribution < 1.29 is 12.8 Å². The fourth-order valence-corrected chi connectivity index (χ4v) is 6.04. The Hall–Kier alpha value is -2.06. The van der Waals surface area contributed by atoms with Crippen molar-refractivity contribution >= 4 is 16.0 Å². The zero-order chi connectivity index (χ0) is 18.5. The van der Waals surface area contributed by atoms with Crippen LogP contribution in [0.4, 0.5) is 10.3 Å². The van der Waals surface area contributed by atoms with Crippen LogP contribution in [0.25, 0.3) is 0 Å². The average Bonchev–Trinajstić information content (AvgIpc) is 2.94. The first-order valence-electron chi connectivity index (χ1n) is 8.70. The molecule has 2 heterocycles. The van der Waals surface area contributed by atoms with Gasteiger partial charge in [0.2, 0.25) is 16.0 Å². The maximum absolute atomic E-state index is 13.7. The molecule has 26 heavy (non-hydrogen) atoms. The predicted octanol–water partition coefficient (Wildman–Crippen LogP) is 2.18. The van der Waals surface area contributed by atoms with Gasteiger partial charge in [-0.1, -0.05) is 6.07 Å². The van der Waals surface area contributed by atoms with Crippen molar-refractivity contribution in [2.45, 2.75) is 42.9 Å². The molecule has 1 aromatic carbocycles. The molecule has 1 aromatic heterocycles. The normalized spacial score (nSPS) is 23.3. The minimum absolute atomic E-state index is 0.0370. The number of nitrogens with two attached hydrogens (primary N) is 1. The molecule has 1 spiro atoms. The lowest BCUT2D eigenvalue weighted by Crippen LogP contribution is -2.48. The van der Waals surface area contributed by atoms with Gasteiger partial charge < -0.3 is 5.73 Å². The van der Waals surface area contributed by atoms with Gasteiger partial charge >= 0.3 is 0 Å². The summed E-state index contributed by atoms with van der Waals surface area (Å²) in [6.07, 6.45) is 5.00. The lowest BCUT2D eigenvalue weighted by atomic mass is 9.78. The Bertz CT molecular complexity index is 975. The number of aromatic nitrogens is 2. The highest BCUT2D eigenvalue weighted by molar-refractivity contribution is 7.89. The second-order valence-corrected chi connectivity index (χ2v) is 9.14. The number of hydrogen-bond donors (Lipinski definition) is 1. The fraction of sp³-hybridized carbons (Fsp3) is 0.444. The van der Waals surface area contributed by atoms with Gasteiger partial charge in [0.25, 0.3) is 0 Å². The summed E-state index contributed by atoms with van der Waals surface area (Å²) < 4.78 is 41.5. The van der Waals surface area contributed by atoms with E-state index < -0.39 is 15.8 Å². The largest absolute Gasteiger partial charge is 0.368 e. The highest BCUT2D eigenvalue weighted by Gasteiger charge is 2.46. The Morgan fingerprint density at radius 2 is 2.12 bits per heavy atom. The number of fused-ring (bicyclic) bond motifs is 2. The van der Waals surface area contributed by atoms with Gasteiger partial charge in [0.05, 0.1) is 10.6 Å². The van der Waals surface area contributed by atoms with Crippen molar-refractivity contribution in [2.24, 2.45) is 0 Å². The quantitative estimate of drug-likeness (QED) is 0.868. The SMILES string of the molecule is Cc1ccc(F)cc1S(=O)(=O)N1CCCC2(CCc3cnc(N)nc32)C1. The Morgan fingerprint density at radius 3 is 2.92 bits per heavy atom. The van der Waals surface area contributed by atoms with Crippen LogP contribution in [0.2, 0.25) is 0 Å². The molecule has 0 amide bonds. The van der Waals surface area contributed by atoms with Crippen molar-refractivity contribution in [2.75, 3.05) is 18.8 Å². The van der Waals surface area contributed by atoms with Crippen molar-refractivity contribution in [1.29, 1.82) is 0 Å². The van der Waals surface area contributed by atoms with Gasteiger partial charge in [0.1, 0.15) is 5.82 Å². The van der Waals surface area contributed by atoms with Crippen molar-refractivity contribution in [3.05, 3.63) is 47.0 Å². The molecule has 1 fully saturated rings. The van der Waals surface area contributed by atoms with E-state index in [-0.39, 0.29) is 16.3 Å². The summed E-state index contributed by atoms with van der Waals surface area (Å²) in [5.41, 5.74) is 7.90. The van der Waals surface area contributed by atoms with Crippen LogP contribution in [-0.4, -0.2) is 35.8 Å². The van der Waals surface area contributed by atoms with Gasteiger partial charge in [-0.3, -0.25) is 0 Å². The summed E-state index contributed by atoms with van der Waals surface area (Å²) in [5, 5.41) is 0. The topological polar surface area (TPSA) is 89.2 Å². The second kappa shape index (κ2) is 5.99. The molecule has 138 valence electrons. The van der Waals surface area contributed by atoms with E-state index in [4.69, 9.17) is 5.73 Å². The number of halogens is 1. The van der Waals surface area contributed by atoms with Crippen molar-refractivity contribution in [1.82, 2.24) is 14.3 Å². The molecule has 1 aliphatic heterocycles. The minimum atomic E-state index is -3.77. The third-order valence-electron chi connectivity index (χ3n) is 5.57. The molecule has 2 N–H and O–H groups in total. The summed E-state index contributed by atoms with van der Waals surface area (Å²) in [5.74, 6) is -0.335. The molecule has 0 radical (unpaired) electrons. The third kappa shape index (κ3) is 2.68. The summed E-state index contributed by atoms with van der Waals surface area (Å²) in [4.78, 5) is 8.53. The maximum atomic E-state index is 13.7. The molecule has 4 rings (SSSR count). The Morgan fingerprint density at radius 1 is 1.31 bits per heavy atom. The minimum Gasteiger partial charge on any atom is -0.368 e. The van der Waals surface area contributed by atoms with E-state index in [1.165, 1.54) is 16.4 Å². The van der Waals surface area contributed by atoms with Crippen molar-refractivity contribution in [3.63, 3.8) is 0 Å². The molecule has 0 bridgehead atoms. The standard InChI is InChI=1S/C18H21FN4O2S/c1-12-3-4-14(19)9-15(12)26(24,25)23-8-2-6-18(11-23)7-5-13-10-21-17(20)22-16(13)18/h3-4,9-10H,2,5-8,11H2,1H3,(H2,20,21,22). The molecular formula is C18H21FN4O2S. The van der Waals surface area contributed by atoms with Gasteiger partial charge in [-0.15, -0.1) is 0 Å². The summed E-state index contributed by atoms with van der Waals surface area (Å²) >= 11 is 0. The molecule has 1 saturated heterocycles. The van der Waals surface area contributed by atoms with Crippen LogP contribution in [0.1, 0.15) is 36.1 Å². The van der Waals surface area contributed by atoms with Crippen LogP contribution in [0.15, 0.2) is 29.3 Å². The van der Waals surface area contributed by atoms with Gasteiger partial charge in [-0.2, -0.15) is 4.31 Å². The van der Waals surface area contributed by atoms with E-state index in [1.807, 2.05) is 0 Å². The predicted molar refractivity (Wildman–Crippen MR) is 95.6 cm³/mol. The smallest absolute Gasteiger partial charge is 0.243 e. The van der Waals surface area contributed by atoms with E-state index in [0.29, 0.717) is 18.7 Å². The number of nitrogen functional groups attached to an aromatic ring is 1. The van der Waals surface area contributed by atoms with E-state index >= 15 is 0 Å². The maximum Gasteiger partial charge on any atom is 0.243 e. The van der Waals surface area contributed by atoms with Gasteiger partial charge in [0, 0.05) is 24.7 Å². The van der Waals surface area contributed by atoms with E-state index in [2.05, 4.69) is 9.97 Å². The molecule has 2 aromatic rings. The summed E-state index contributed by atoms with van der Waals surface area (Å²) in [7, 11) is -3.77. The number of aryl methyl sites for hydroxylation is 2. The lowest BCUT2D eigenvalue weighted by Gasteiger charge is -2.39. The van der Waals surface area contributed by atoms with Crippen LogP contribution >= 0.6 is 0 Å². The number of anilines is 1. The highest BCUT2D eigenvalue weighted by atomic mass is 32.2. The van der Waals surface area contributed by atoms with E-state index in [1.54, 1.807) is 13.1 Å². The van der Waals surface area contributed by atoms with E-state index in [0.717, 1.165) is 43.0 Å². The molecule has 6 nitrogen and oxygen atoms in total. The Labute approximate surface area is 152 Å². The average molecular weight is 376 g/mol. The second-order valence-electron chi connectivity index (χ2n) is 7.23. The first-order valence-corrected chi connectivity index (χ1v) is 10.1. The first-order chi connectivity index (χ1) is 12.3. The molecule has 1 aliphatic carbocycles. The zero-order valence-electron chi connectivity index (χ0n) is 14.6. The Kier molecular flexibility index (Phi) is 4.00. The fourth-order valence-electron chi connectivity index (χ4n) is 4.24. The number of nitrogens with zero attached hydrogens (tertiary/aromatic N) is 3. The number of benzene rings is 1. The van der Waals surface area contributed by atoms with E-state index in [9.17, 15) is 12.8 Å².